The highest BCUT2D eigenvalue weighted by Crippen LogP contribution is 2.18. The van der Waals surface area contributed by atoms with E-state index in [0.29, 0.717) is 10.9 Å². The zero-order chi connectivity index (χ0) is 13.0. The number of benzene rings is 1. The van der Waals surface area contributed by atoms with Crippen LogP contribution in [-0.4, -0.2) is 16.5 Å². The Balaban J connectivity index is 1.92. The van der Waals surface area contributed by atoms with E-state index in [1.807, 2.05) is 35.8 Å². The largest absolute Gasteiger partial charge is 0.389 e. The standard InChI is InChI=1S/C13H15N3S2/c1-9(13-15-6-7-18-13)8-16-11-4-2-10(3-5-11)12(14)17/h2-7,9,16H,8H2,1H3,(H2,14,17). The van der Waals surface area contributed by atoms with E-state index in [2.05, 4.69) is 17.2 Å². The third kappa shape index (κ3) is 3.27. The maximum atomic E-state index is 5.55. The molecule has 0 spiro atoms. The summed E-state index contributed by atoms with van der Waals surface area (Å²) in [7, 11) is 0. The van der Waals surface area contributed by atoms with Crippen molar-refractivity contribution in [1.29, 1.82) is 0 Å². The van der Waals surface area contributed by atoms with E-state index in [-0.39, 0.29) is 0 Å². The Morgan fingerprint density at radius 2 is 2.17 bits per heavy atom. The van der Waals surface area contributed by atoms with Crippen LogP contribution >= 0.6 is 23.6 Å². The van der Waals surface area contributed by atoms with E-state index < -0.39 is 0 Å². The molecular weight excluding hydrogens is 262 g/mol. The molecule has 0 aliphatic carbocycles. The lowest BCUT2D eigenvalue weighted by atomic mass is 10.1. The second-order valence-electron chi connectivity index (χ2n) is 4.09. The van der Waals surface area contributed by atoms with Crippen LogP contribution in [0.15, 0.2) is 35.8 Å². The van der Waals surface area contributed by atoms with Crippen LogP contribution in [0, 0.1) is 0 Å². The number of nitrogens with zero attached hydrogens (tertiary/aromatic N) is 1. The zero-order valence-corrected chi connectivity index (χ0v) is 11.7. The highest BCUT2D eigenvalue weighted by Gasteiger charge is 2.07. The molecule has 0 saturated carbocycles. The molecule has 0 radical (unpaired) electrons. The van der Waals surface area contributed by atoms with Crippen molar-refractivity contribution in [2.45, 2.75) is 12.8 Å². The number of thiazole rings is 1. The van der Waals surface area contributed by atoms with Gasteiger partial charge in [0.15, 0.2) is 0 Å². The maximum absolute atomic E-state index is 5.55. The fraction of sp³-hybridized carbons (Fsp3) is 0.231. The van der Waals surface area contributed by atoms with Gasteiger partial charge in [0.05, 0.1) is 5.01 Å². The fourth-order valence-corrected chi connectivity index (χ4v) is 2.42. The van der Waals surface area contributed by atoms with Crippen LogP contribution in [0.25, 0.3) is 0 Å². The normalized spacial score (nSPS) is 12.1. The number of thiocarbonyl (C=S) groups is 1. The number of hydrogen-bond acceptors (Lipinski definition) is 4. The summed E-state index contributed by atoms with van der Waals surface area (Å²) in [5, 5.41) is 6.54. The molecule has 5 heteroatoms. The lowest BCUT2D eigenvalue weighted by Crippen LogP contribution is -2.11. The number of nitrogens with one attached hydrogen (secondary N) is 1. The highest BCUT2D eigenvalue weighted by atomic mass is 32.1. The molecule has 1 heterocycles. The smallest absolute Gasteiger partial charge is 0.103 e. The summed E-state index contributed by atoms with van der Waals surface area (Å²) < 4.78 is 0. The van der Waals surface area contributed by atoms with Gasteiger partial charge in [-0.15, -0.1) is 11.3 Å². The Labute approximate surface area is 116 Å². The Morgan fingerprint density at radius 3 is 2.72 bits per heavy atom. The van der Waals surface area contributed by atoms with Crippen molar-refractivity contribution in [3.63, 3.8) is 0 Å². The molecule has 0 aliphatic heterocycles. The first kappa shape index (κ1) is 13.0. The molecule has 2 rings (SSSR count). The summed E-state index contributed by atoms with van der Waals surface area (Å²) in [6.07, 6.45) is 1.84. The average Bonchev–Trinajstić information content (AvgIpc) is 2.90. The van der Waals surface area contributed by atoms with Crippen molar-refractivity contribution in [3.05, 3.63) is 46.4 Å². The van der Waals surface area contributed by atoms with Gasteiger partial charge in [0.2, 0.25) is 0 Å². The Hall–Kier alpha value is -1.46. The van der Waals surface area contributed by atoms with Gasteiger partial charge in [-0.05, 0) is 24.3 Å². The molecule has 0 bridgehead atoms. The van der Waals surface area contributed by atoms with Gasteiger partial charge in [-0.2, -0.15) is 0 Å². The van der Waals surface area contributed by atoms with Crippen LogP contribution in [0.4, 0.5) is 5.69 Å². The molecule has 1 atom stereocenters. The van der Waals surface area contributed by atoms with Gasteiger partial charge in [-0.1, -0.05) is 19.1 Å². The number of aromatic nitrogens is 1. The summed E-state index contributed by atoms with van der Waals surface area (Å²) in [4.78, 5) is 4.74. The monoisotopic (exact) mass is 277 g/mol. The van der Waals surface area contributed by atoms with E-state index in [9.17, 15) is 0 Å². The SMILES string of the molecule is CC(CNc1ccc(C(N)=S)cc1)c1nccs1. The van der Waals surface area contributed by atoms with Gasteiger partial charge < -0.3 is 11.1 Å². The van der Waals surface area contributed by atoms with Gasteiger partial charge >= 0.3 is 0 Å². The summed E-state index contributed by atoms with van der Waals surface area (Å²) in [5.41, 5.74) is 7.51. The maximum Gasteiger partial charge on any atom is 0.103 e. The molecular formula is C13H15N3S2. The van der Waals surface area contributed by atoms with Gasteiger partial charge in [0.25, 0.3) is 0 Å². The van der Waals surface area contributed by atoms with E-state index in [4.69, 9.17) is 18.0 Å². The molecule has 3 nitrogen and oxygen atoms in total. The van der Waals surface area contributed by atoms with Crippen molar-refractivity contribution in [3.8, 4) is 0 Å². The first-order valence-corrected chi connectivity index (χ1v) is 6.98. The van der Waals surface area contributed by atoms with Gasteiger partial charge in [-0.3, -0.25) is 0 Å². The average molecular weight is 277 g/mol. The fourth-order valence-electron chi connectivity index (χ4n) is 1.59. The van der Waals surface area contributed by atoms with Crippen molar-refractivity contribution in [2.75, 3.05) is 11.9 Å². The molecule has 18 heavy (non-hydrogen) atoms. The molecule has 0 saturated heterocycles. The van der Waals surface area contributed by atoms with Crippen molar-refractivity contribution >= 4 is 34.2 Å². The predicted molar refractivity (Wildman–Crippen MR) is 81.3 cm³/mol. The van der Waals surface area contributed by atoms with E-state index in [1.54, 1.807) is 11.3 Å². The molecule has 2 aromatic rings. The zero-order valence-electron chi connectivity index (χ0n) is 10.1. The summed E-state index contributed by atoms with van der Waals surface area (Å²) >= 11 is 6.60. The quantitative estimate of drug-likeness (QED) is 0.825. The number of nitrogens with two attached hydrogens (primary N) is 1. The van der Waals surface area contributed by atoms with Crippen LogP contribution in [-0.2, 0) is 0 Å². The third-order valence-electron chi connectivity index (χ3n) is 2.65. The molecule has 1 aromatic heterocycles. The topological polar surface area (TPSA) is 50.9 Å². The van der Waals surface area contributed by atoms with Crippen LogP contribution in [0.1, 0.15) is 23.4 Å². The molecule has 1 aromatic carbocycles. The van der Waals surface area contributed by atoms with E-state index in [0.717, 1.165) is 22.8 Å². The molecule has 94 valence electrons. The summed E-state index contributed by atoms with van der Waals surface area (Å²) in [6, 6.07) is 7.84. The Bertz CT molecular complexity index is 506. The van der Waals surface area contributed by atoms with Crippen LogP contribution in [0.3, 0.4) is 0 Å². The van der Waals surface area contributed by atoms with Crippen LogP contribution in [0.2, 0.25) is 0 Å². The molecule has 0 amide bonds. The number of anilines is 1. The van der Waals surface area contributed by atoms with Crippen molar-refractivity contribution < 1.29 is 0 Å². The first-order valence-electron chi connectivity index (χ1n) is 5.70. The first-order chi connectivity index (χ1) is 8.66. The van der Waals surface area contributed by atoms with E-state index >= 15 is 0 Å². The third-order valence-corrected chi connectivity index (χ3v) is 3.90. The van der Waals surface area contributed by atoms with Crippen LogP contribution in [0.5, 0.6) is 0 Å². The number of hydrogen-bond donors (Lipinski definition) is 2. The van der Waals surface area contributed by atoms with Gasteiger partial charge in [-0.25, -0.2) is 4.98 Å². The molecule has 1 unspecified atom stereocenters. The summed E-state index contributed by atoms with van der Waals surface area (Å²) in [6.45, 7) is 3.02. The van der Waals surface area contributed by atoms with Gasteiger partial charge in [0.1, 0.15) is 4.99 Å². The second-order valence-corrected chi connectivity index (χ2v) is 5.46. The predicted octanol–water partition coefficient (Wildman–Crippen LogP) is 2.99. The summed E-state index contributed by atoms with van der Waals surface area (Å²) in [5.74, 6) is 0.403. The Morgan fingerprint density at radius 1 is 1.44 bits per heavy atom. The molecule has 3 N–H and O–H groups in total. The minimum atomic E-state index is 0.403. The molecule has 0 fully saturated rings. The lowest BCUT2D eigenvalue weighted by molar-refractivity contribution is 0.795. The van der Waals surface area contributed by atoms with Crippen molar-refractivity contribution in [2.24, 2.45) is 5.73 Å². The highest BCUT2D eigenvalue weighted by molar-refractivity contribution is 7.80. The Kier molecular flexibility index (Phi) is 4.28. The second kappa shape index (κ2) is 5.93. The van der Waals surface area contributed by atoms with Gasteiger partial charge in [0, 0.05) is 35.3 Å². The minimum absolute atomic E-state index is 0.403. The lowest BCUT2D eigenvalue weighted by Gasteiger charge is -2.11. The minimum Gasteiger partial charge on any atom is -0.389 e. The van der Waals surface area contributed by atoms with E-state index in [1.165, 1.54) is 0 Å². The number of rotatable bonds is 5. The molecule has 0 aliphatic rings. The van der Waals surface area contributed by atoms with Crippen molar-refractivity contribution in [1.82, 2.24) is 4.98 Å². The van der Waals surface area contributed by atoms with Crippen LogP contribution < -0.4 is 11.1 Å².